The van der Waals surface area contributed by atoms with Crippen LogP contribution >= 0.6 is 11.6 Å². The van der Waals surface area contributed by atoms with Crippen LogP contribution in [0.3, 0.4) is 0 Å². The molecule has 0 unspecified atom stereocenters. The second-order valence-corrected chi connectivity index (χ2v) is 5.01. The molecule has 0 radical (unpaired) electrons. The monoisotopic (exact) mass is 208 g/mol. The predicted octanol–water partition coefficient (Wildman–Crippen LogP) is 3.86. The van der Waals surface area contributed by atoms with Crippen molar-refractivity contribution in [2.24, 2.45) is 5.41 Å². The number of rotatable bonds is 3. The second kappa shape index (κ2) is 3.58. The van der Waals surface area contributed by atoms with E-state index in [2.05, 4.69) is 32.0 Å². The molecule has 76 valence electrons. The van der Waals surface area contributed by atoms with Crippen LogP contribution in [0.1, 0.15) is 29.5 Å². The van der Waals surface area contributed by atoms with E-state index in [0.29, 0.717) is 5.41 Å². The van der Waals surface area contributed by atoms with Crippen molar-refractivity contribution in [3.63, 3.8) is 0 Å². The normalized spacial score (nSPS) is 18.2. The third-order valence-corrected chi connectivity index (χ3v) is 3.88. The van der Waals surface area contributed by atoms with Crippen LogP contribution in [0.4, 0.5) is 0 Å². The summed E-state index contributed by atoms with van der Waals surface area (Å²) in [6.07, 6.45) is 3.79. The molecule has 1 fully saturated rings. The average Bonchev–Trinajstić information content (AvgIpc) is 2.92. The van der Waals surface area contributed by atoms with Gasteiger partial charge < -0.3 is 0 Å². The molecule has 1 heteroatoms. The maximum absolute atomic E-state index is 6.00. The van der Waals surface area contributed by atoms with E-state index < -0.39 is 0 Å². The van der Waals surface area contributed by atoms with E-state index in [1.54, 1.807) is 0 Å². The Bertz CT molecular complexity index is 337. The summed E-state index contributed by atoms with van der Waals surface area (Å²) in [5.74, 6) is 0.820. The quantitative estimate of drug-likeness (QED) is 0.662. The van der Waals surface area contributed by atoms with Gasteiger partial charge in [0.2, 0.25) is 0 Å². The first-order chi connectivity index (χ1) is 6.65. The molecule has 0 atom stereocenters. The summed E-state index contributed by atoms with van der Waals surface area (Å²) in [5.41, 5.74) is 4.70. The van der Waals surface area contributed by atoms with Crippen LogP contribution in [0.5, 0.6) is 0 Å². The summed E-state index contributed by atoms with van der Waals surface area (Å²) in [5, 5.41) is 0. The van der Waals surface area contributed by atoms with E-state index >= 15 is 0 Å². The molecule has 1 aromatic rings. The van der Waals surface area contributed by atoms with Gasteiger partial charge in [-0.3, -0.25) is 0 Å². The molecule has 1 aliphatic carbocycles. The van der Waals surface area contributed by atoms with Crippen molar-refractivity contribution >= 4 is 11.6 Å². The third-order valence-electron chi connectivity index (χ3n) is 3.31. The SMILES string of the molecule is Cc1ccc(C)c(CC2(CCl)CC2)c1. The lowest BCUT2D eigenvalue weighted by Crippen LogP contribution is -2.07. The molecule has 0 heterocycles. The minimum Gasteiger partial charge on any atom is -0.126 e. The highest BCUT2D eigenvalue weighted by molar-refractivity contribution is 6.18. The molecular formula is C13H17Cl. The van der Waals surface area contributed by atoms with Gasteiger partial charge in [0, 0.05) is 5.88 Å². The maximum atomic E-state index is 6.00. The van der Waals surface area contributed by atoms with Gasteiger partial charge in [0.25, 0.3) is 0 Å². The minimum absolute atomic E-state index is 0.445. The molecule has 1 aromatic carbocycles. The summed E-state index contributed by atoms with van der Waals surface area (Å²) in [4.78, 5) is 0. The molecule has 0 aromatic heterocycles. The standard InChI is InChI=1S/C13H17Cl/c1-10-3-4-11(2)12(7-10)8-13(9-14)5-6-13/h3-4,7H,5-6,8-9H2,1-2H3. The number of aryl methyl sites for hydroxylation is 2. The fraction of sp³-hybridized carbons (Fsp3) is 0.538. The highest BCUT2D eigenvalue weighted by Gasteiger charge is 2.41. The van der Waals surface area contributed by atoms with E-state index in [4.69, 9.17) is 11.6 Å². The Balaban J connectivity index is 2.20. The first-order valence-corrected chi connectivity index (χ1v) is 5.81. The van der Waals surface area contributed by atoms with Crippen LogP contribution in [0, 0.1) is 19.3 Å². The number of alkyl halides is 1. The number of hydrogen-bond acceptors (Lipinski definition) is 0. The Morgan fingerprint density at radius 3 is 2.57 bits per heavy atom. The fourth-order valence-corrected chi connectivity index (χ4v) is 2.29. The zero-order valence-corrected chi connectivity index (χ0v) is 9.69. The summed E-state index contributed by atoms with van der Waals surface area (Å²) in [6, 6.07) is 6.70. The van der Waals surface area contributed by atoms with Gasteiger partial charge >= 0.3 is 0 Å². The highest BCUT2D eigenvalue weighted by atomic mass is 35.5. The van der Waals surface area contributed by atoms with E-state index in [-0.39, 0.29) is 0 Å². The molecule has 1 aliphatic rings. The first kappa shape index (κ1) is 10.0. The zero-order chi connectivity index (χ0) is 10.2. The molecule has 0 spiro atoms. The highest BCUT2D eigenvalue weighted by Crippen LogP contribution is 2.49. The van der Waals surface area contributed by atoms with Crippen LogP contribution < -0.4 is 0 Å². The lowest BCUT2D eigenvalue weighted by Gasteiger charge is -2.13. The largest absolute Gasteiger partial charge is 0.126 e. The molecule has 0 amide bonds. The van der Waals surface area contributed by atoms with Crippen molar-refractivity contribution in [3.05, 3.63) is 34.9 Å². The maximum Gasteiger partial charge on any atom is 0.0283 e. The van der Waals surface area contributed by atoms with Gasteiger partial charge in [-0.1, -0.05) is 23.8 Å². The van der Waals surface area contributed by atoms with Crippen molar-refractivity contribution < 1.29 is 0 Å². The summed E-state index contributed by atoms with van der Waals surface area (Å²) in [7, 11) is 0. The van der Waals surface area contributed by atoms with E-state index in [0.717, 1.165) is 5.88 Å². The van der Waals surface area contributed by atoms with Crippen molar-refractivity contribution in [2.45, 2.75) is 33.1 Å². The van der Waals surface area contributed by atoms with Gasteiger partial charge in [-0.25, -0.2) is 0 Å². The molecular weight excluding hydrogens is 192 g/mol. The Morgan fingerprint density at radius 1 is 1.29 bits per heavy atom. The third kappa shape index (κ3) is 1.95. The van der Waals surface area contributed by atoms with Gasteiger partial charge in [0.15, 0.2) is 0 Å². The Hall–Kier alpha value is -0.490. The van der Waals surface area contributed by atoms with Crippen molar-refractivity contribution in [1.29, 1.82) is 0 Å². The van der Waals surface area contributed by atoms with Gasteiger partial charge in [0.1, 0.15) is 0 Å². The lowest BCUT2D eigenvalue weighted by molar-refractivity contribution is 0.576. The van der Waals surface area contributed by atoms with Crippen LogP contribution in [0.2, 0.25) is 0 Å². The number of hydrogen-bond donors (Lipinski definition) is 0. The number of halogens is 1. The van der Waals surface area contributed by atoms with E-state index in [1.807, 2.05) is 0 Å². The summed E-state index contributed by atoms with van der Waals surface area (Å²) in [6.45, 7) is 4.35. The van der Waals surface area contributed by atoms with Crippen molar-refractivity contribution in [2.75, 3.05) is 5.88 Å². The van der Waals surface area contributed by atoms with Gasteiger partial charge in [-0.15, -0.1) is 11.6 Å². The van der Waals surface area contributed by atoms with E-state index in [9.17, 15) is 0 Å². The summed E-state index contributed by atoms with van der Waals surface area (Å²) >= 11 is 6.00. The second-order valence-electron chi connectivity index (χ2n) is 4.74. The topological polar surface area (TPSA) is 0 Å². The Labute approximate surface area is 91.3 Å². The molecule has 1 saturated carbocycles. The molecule has 0 N–H and O–H groups in total. The lowest BCUT2D eigenvalue weighted by atomic mass is 9.94. The van der Waals surface area contributed by atoms with Gasteiger partial charge in [-0.2, -0.15) is 0 Å². The molecule has 0 bridgehead atoms. The minimum atomic E-state index is 0.445. The average molecular weight is 209 g/mol. The van der Waals surface area contributed by atoms with Crippen molar-refractivity contribution in [1.82, 2.24) is 0 Å². The molecule has 0 saturated heterocycles. The molecule has 0 nitrogen and oxygen atoms in total. The summed E-state index contributed by atoms with van der Waals surface area (Å²) < 4.78 is 0. The molecule has 14 heavy (non-hydrogen) atoms. The van der Waals surface area contributed by atoms with Crippen LogP contribution in [0.25, 0.3) is 0 Å². The Kier molecular flexibility index (Phi) is 2.57. The van der Waals surface area contributed by atoms with Crippen LogP contribution in [-0.4, -0.2) is 5.88 Å². The Morgan fingerprint density at radius 2 is 2.00 bits per heavy atom. The van der Waals surface area contributed by atoms with Gasteiger partial charge in [0.05, 0.1) is 0 Å². The van der Waals surface area contributed by atoms with Crippen LogP contribution in [-0.2, 0) is 6.42 Å². The van der Waals surface area contributed by atoms with Crippen LogP contribution in [0.15, 0.2) is 18.2 Å². The smallest absolute Gasteiger partial charge is 0.0283 e. The fourth-order valence-electron chi connectivity index (χ4n) is 1.93. The number of benzene rings is 1. The van der Waals surface area contributed by atoms with Gasteiger partial charge in [-0.05, 0) is 49.7 Å². The zero-order valence-electron chi connectivity index (χ0n) is 8.94. The molecule has 2 rings (SSSR count). The first-order valence-electron chi connectivity index (χ1n) is 5.27. The predicted molar refractivity (Wildman–Crippen MR) is 62.0 cm³/mol. The molecule has 0 aliphatic heterocycles. The van der Waals surface area contributed by atoms with E-state index in [1.165, 1.54) is 36.0 Å². The van der Waals surface area contributed by atoms with Crippen molar-refractivity contribution in [3.8, 4) is 0 Å².